The Morgan fingerprint density at radius 2 is 1.79 bits per heavy atom. The predicted octanol–water partition coefficient (Wildman–Crippen LogP) is 3.59. The molecule has 2 aromatic carbocycles. The second-order valence-corrected chi connectivity index (χ2v) is 7.59. The Morgan fingerprint density at radius 3 is 2.72 bits per heavy atom. The number of hydrogen-bond acceptors (Lipinski definition) is 4. The summed E-state index contributed by atoms with van der Waals surface area (Å²) >= 11 is 1.39. The van der Waals surface area contributed by atoms with E-state index < -0.39 is 0 Å². The average molecular weight is 404 g/mol. The number of benzene rings is 2. The van der Waals surface area contributed by atoms with Crippen molar-refractivity contribution in [2.45, 2.75) is 17.7 Å². The molecule has 0 saturated heterocycles. The lowest BCUT2D eigenvalue weighted by atomic mass is 10.1. The van der Waals surface area contributed by atoms with Crippen molar-refractivity contribution in [1.29, 1.82) is 0 Å². The van der Waals surface area contributed by atoms with Gasteiger partial charge in [-0.3, -0.25) is 25.4 Å². The number of carbonyl (C=O) groups excluding carboxylic acids is 2. The fourth-order valence-corrected chi connectivity index (χ4v) is 4.00. The molecule has 2 amide bonds. The second-order valence-electron chi connectivity index (χ2n) is 6.58. The lowest BCUT2D eigenvalue weighted by Crippen LogP contribution is -2.42. The highest BCUT2D eigenvalue weighted by Crippen LogP contribution is 2.25. The highest BCUT2D eigenvalue weighted by molar-refractivity contribution is 8.00. The summed E-state index contributed by atoms with van der Waals surface area (Å²) in [5, 5.41) is 2.15. The summed E-state index contributed by atoms with van der Waals surface area (Å²) in [7, 11) is 0. The van der Waals surface area contributed by atoms with Crippen LogP contribution in [-0.2, 0) is 16.0 Å². The van der Waals surface area contributed by atoms with E-state index in [9.17, 15) is 9.59 Å². The largest absolute Gasteiger partial charge is 0.361 e. The Kier molecular flexibility index (Phi) is 5.76. The molecule has 7 heteroatoms. The molecule has 6 nitrogen and oxygen atoms in total. The highest BCUT2D eigenvalue weighted by Gasteiger charge is 2.09. The van der Waals surface area contributed by atoms with E-state index in [0.717, 1.165) is 32.3 Å². The van der Waals surface area contributed by atoms with E-state index in [4.69, 9.17) is 0 Å². The molecule has 0 saturated carbocycles. The molecule has 0 aliphatic carbocycles. The number of nitrogens with one attached hydrogen (secondary N) is 3. The first-order chi connectivity index (χ1) is 14.2. The smallest absolute Gasteiger partial charge is 0.248 e. The van der Waals surface area contributed by atoms with Crippen LogP contribution in [0.2, 0.25) is 0 Å². The van der Waals surface area contributed by atoms with Gasteiger partial charge in [-0.25, -0.2) is 0 Å². The Balaban J connectivity index is 1.24. The van der Waals surface area contributed by atoms with Gasteiger partial charge in [-0.1, -0.05) is 36.4 Å². The summed E-state index contributed by atoms with van der Waals surface area (Å²) in [5.41, 5.74) is 7.98. The zero-order chi connectivity index (χ0) is 20.1. The topological polar surface area (TPSA) is 86.9 Å². The van der Waals surface area contributed by atoms with Crippen molar-refractivity contribution >= 4 is 45.4 Å². The number of hydrazine groups is 1. The number of hydrogen-bond donors (Lipinski definition) is 3. The lowest BCUT2D eigenvalue weighted by molar-refractivity contribution is -0.127. The molecule has 146 valence electrons. The molecular formula is C22H20N4O2S. The molecule has 2 heterocycles. The number of para-hydroxylation sites is 2. The fraction of sp³-hybridized carbons (Fsp3) is 0.136. The van der Waals surface area contributed by atoms with Crippen LogP contribution in [0.1, 0.15) is 12.0 Å². The van der Waals surface area contributed by atoms with Gasteiger partial charge >= 0.3 is 0 Å². The molecular weight excluding hydrogens is 384 g/mol. The third kappa shape index (κ3) is 4.57. The van der Waals surface area contributed by atoms with Crippen LogP contribution in [0, 0.1) is 0 Å². The van der Waals surface area contributed by atoms with Crippen molar-refractivity contribution in [1.82, 2.24) is 20.8 Å². The quantitative estimate of drug-likeness (QED) is 0.339. The van der Waals surface area contributed by atoms with E-state index in [0.29, 0.717) is 12.8 Å². The Morgan fingerprint density at radius 1 is 0.966 bits per heavy atom. The zero-order valence-corrected chi connectivity index (χ0v) is 16.5. The molecule has 4 aromatic rings. The number of H-pyrrole nitrogens is 1. The normalized spacial score (nSPS) is 10.9. The first-order valence-electron chi connectivity index (χ1n) is 9.30. The molecule has 29 heavy (non-hydrogen) atoms. The number of aromatic nitrogens is 2. The predicted molar refractivity (Wildman–Crippen MR) is 115 cm³/mol. The van der Waals surface area contributed by atoms with Gasteiger partial charge in [0.2, 0.25) is 11.8 Å². The van der Waals surface area contributed by atoms with Gasteiger partial charge < -0.3 is 4.98 Å². The summed E-state index contributed by atoms with van der Waals surface area (Å²) in [6.45, 7) is 0. The van der Waals surface area contributed by atoms with Crippen LogP contribution in [0.3, 0.4) is 0 Å². The number of thioether (sulfide) groups is 1. The number of amides is 2. The maximum Gasteiger partial charge on any atom is 0.248 e. The molecule has 0 unspecified atom stereocenters. The summed E-state index contributed by atoms with van der Waals surface area (Å²) in [5.74, 6) is -0.290. The van der Waals surface area contributed by atoms with Crippen LogP contribution < -0.4 is 10.9 Å². The van der Waals surface area contributed by atoms with E-state index in [2.05, 4.69) is 20.8 Å². The van der Waals surface area contributed by atoms with Gasteiger partial charge in [0, 0.05) is 40.0 Å². The Hall–Kier alpha value is -3.32. The van der Waals surface area contributed by atoms with Gasteiger partial charge in [0.15, 0.2) is 0 Å². The number of aromatic amines is 1. The summed E-state index contributed by atoms with van der Waals surface area (Å²) in [6.07, 6.45) is 4.55. The summed E-state index contributed by atoms with van der Waals surface area (Å²) in [6, 6.07) is 17.7. The Bertz CT molecular complexity index is 1170. The third-order valence-electron chi connectivity index (χ3n) is 4.59. The van der Waals surface area contributed by atoms with Crippen LogP contribution in [0.25, 0.3) is 21.8 Å². The van der Waals surface area contributed by atoms with Crippen LogP contribution >= 0.6 is 11.8 Å². The van der Waals surface area contributed by atoms with Gasteiger partial charge in [0.05, 0.1) is 11.3 Å². The number of nitrogens with zero attached hydrogens (tertiary/aromatic N) is 1. The minimum atomic E-state index is -0.261. The number of rotatable bonds is 6. The van der Waals surface area contributed by atoms with Gasteiger partial charge in [-0.15, -0.1) is 11.8 Å². The molecule has 0 aliphatic heterocycles. The molecule has 0 radical (unpaired) electrons. The van der Waals surface area contributed by atoms with Crippen molar-refractivity contribution < 1.29 is 9.59 Å². The third-order valence-corrected chi connectivity index (χ3v) is 5.64. The minimum Gasteiger partial charge on any atom is -0.361 e. The van der Waals surface area contributed by atoms with Crippen molar-refractivity contribution in [3.63, 3.8) is 0 Å². The SMILES string of the molecule is O=C(CCc1c[nH]c2ccccc12)NNC(=O)CSc1cccc2cccnc12. The monoisotopic (exact) mass is 404 g/mol. The summed E-state index contributed by atoms with van der Waals surface area (Å²) < 4.78 is 0. The van der Waals surface area contributed by atoms with Crippen LogP contribution in [-0.4, -0.2) is 27.5 Å². The zero-order valence-electron chi connectivity index (χ0n) is 15.6. The number of fused-ring (bicyclic) bond motifs is 2. The van der Waals surface area contributed by atoms with Gasteiger partial charge in [0.25, 0.3) is 0 Å². The van der Waals surface area contributed by atoms with E-state index in [1.165, 1.54) is 11.8 Å². The number of carbonyl (C=O) groups is 2. The van der Waals surface area contributed by atoms with Gasteiger partial charge in [-0.05, 0) is 30.2 Å². The van der Waals surface area contributed by atoms with Crippen molar-refractivity contribution in [2.24, 2.45) is 0 Å². The van der Waals surface area contributed by atoms with Crippen molar-refractivity contribution in [2.75, 3.05) is 5.75 Å². The number of aryl methyl sites for hydroxylation is 1. The maximum atomic E-state index is 12.1. The van der Waals surface area contributed by atoms with Crippen molar-refractivity contribution in [3.8, 4) is 0 Å². The first-order valence-corrected chi connectivity index (χ1v) is 10.3. The van der Waals surface area contributed by atoms with Crippen LogP contribution in [0.4, 0.5) is 0 Å². The van der Waals surface area contributed by atoms with Crippen LogP contribution in [0.5, 0.6) is 0 Å². The molecule has 4 rings (SSSR count). The van der Waals surface area contributed by atoms with Gasteiger partial charge in [-0.2, -0.15) is 0 Å². The maximum absolute atomic E-state index is 12.1. The minimum absolute atomic E-state index is 0.193. The average Bonchev–Trinajstić information content (AvgIpc) is 3.18. The first kappa shape index (κ1) is 19.0. The molecule has 0 bridgehead atoms. The van der Waals surface area contributed by atoms with Gasteiger partial charge in [0.1, 0.15) is 0 Å². The number of pyridine rings is 1. The molecule has 0 aliphatic rings. The standard InChI is InChI=1S/C22H20N4O2S/c27-20(11-10-16-13-24-18-8-2-1-7-17(16)18)25-26-21(28)14-29-19-9-3-5-15-6-4-12-23-22(15)19/h1-9,12-13,24H,10-11,14H2,(H,25,27)(H,26,28). The Labute approximate surface area is 172 Å². The van der Waals surface area contributed by atoms with E-state index >= 15 is 0 Å². The van der Waals surface area contributed by atoms with E-state index in [1.807, 2.05) is 60.8 Å². The molecule has 0 spiro atoms. The summed E-state index contributed by atoms with van der Waals surface area (Å²) in [4.78, 5) is 32.7. The lowest BCUT2D eigenvalue weighted by Gasteiger charge is -2.08. The molecule has 3 N–H and O–H groups in total. The van der Waals surface area contributed by atoms with E-state index in [-0.39, 0.29) is 17.6 Å². The molecule has 0 atom stereocenters. The van der Waals surface area contributed by atoms with Crippen LogP contribution in [0.15, 0.2) is 71.9 Å². The van der Waals surface area contributed by atoms with E-state index in [1.54, 1.807) is 6.20 Å². The fourth-order valence-electron chi connectivity index (χ4n) is 3.16. The highest BCUT2D eigenvalue weighted by atomic mass is 32.2. The molecule has 0 fully saturated rings. The second kappa shape index (κ2) is 8.79. The van der Waals surface area contributed by atoms with Crippen molar-refractivity contribution in [3.05, 3.63) is 72.6 Å². The molecule has 2 aromatic heterocycles.